The van der Waals surface area contributed by atoms with Gasteiger partial charge in [-0.3, -0.25) is 9.36 Å². The monoisotopic (exact) mass is 437 g/mol. The van der Waals surface area contributed by atoms with E-state index in [2.05, 4.69) is 4.99 Å². The van der Waals surface area contributed by atoms with E-state index >= 15 is 0 Å². The zero-order valence-electron chi connectivity index (χ0n) is 17.8. The summed E-state index contributed by atoms with van der Waals surface area (Å²) in [6, 6.07) is 10.8. The largest absolute Gasteiger partial charge is 0.467 e. The van der Waals surface area contributed by atoms with E-state index in [0.717, 1.165) is 11.3 Å². The average Bonchev–Trinajstić information content (AvgIpc) is 3.37. The summed E-state index contributed by atoms with van der Waals surface area (Å²) < 4.78 is 12.8. The predicted octanol–water partition coefficient (Wildman–Crippen LogP) is 2.57. The van der Waals surface area contributed by atoms with Crippen LogP contribution in [0.3, 0.4) is 0 Å². The van der Waals surface area contributed by atoms with Gasteiger partial charge in [-0.25, -0.2) is 9.79 Å². The van der Waals surface area contributed by atoms with Crippen LogP contribution in [0, 0.1) is 0 Å². The molecule has 1 aliphatic rings. The molecule has 0 saturated heterocycles. The normalized spacial score (nSPS) is 16.1. The number of aromatic nitrogens is 1. The van der Waals surface area contributed by atoms with Crippen molar-refractivity contribution < 1.29 is 13.9 Å². The van der Waals surface area contributed by atoms with Gasteiger partial charge < -0.3 is 14.1 Å². The maximum absolute atomic E-state index is 13.2. The van der Waals surface area contributed by atoms with Crippen LogP contribution in [0.25, 0.3) is 11.8 Å². The number of furan rings is 1. The van der Waals surface area contributed by atoms with Crippen molar-refractivity contribution in [3.8, 4) is 0 Å². The fourth-order valence-corrected chi connectivity index (χ4v) is 4.53. The van der Waals surface area contributed by atoms with Gasteiger partial charge in [-0.15, -0.1) is 0 Å². The Morgan fingerprint density at radius 2 is 2.03 bits per heavy atom. The Labute approximate surface area is 183 Å². The van der Waals surface area contributed by atoms with Gasteiger partial charge in [0.15, 0.2) is 4.80 Å². The lowest BCUT2D eigenvalue weighted by molar-refractivity contribution is -0.138. The van der Waals surface area contributed by atoms with Crippen LogP contribution in [0.5, 0.6) is 0 Å². The van der Waals surface area contributed by atoms with Crippen LogP contribution in [0.2, 0.25) is 0 Å². The summed E-state index contributed by atoms with van der Waals surface area (Å²) in [5.41, 5.74) is 2.60. The third-order valence-electron chi connectivity index (χ3n) is 5.06. The highest BCUT2D eigenvalue weighted by atomic mass is 32.1. The summed E-state index contributed by atoms with van der Waals surface area (Å²) in [7, 11) is 3.96. The fraction of sp³-hybridized carbons (Fsp3) is 0.261. The number of carbonyl (C=O) groups is 1. The topological polar surface area (TPSA) is 77.0 Å². The maximum Gasteiger partial charge on any atom is 0.338 e. The number of hydrogen-bond acceptors (Lipinski definition) is 7. The first kappa shape index (κ1) is 20.9. The van der Waals surface area contributed by atoms with Gasteiger partial charge in [0.2, 0.25) is 0 Å². The molecule has 0 aliphatic carbocycles. The smallest absolute Gasteiger partial charge is 0.338 e. The number of carbonyl (C=O) groups excluding carboxylic acids is 1. The zero-order valence-corrected chi connectivity index (χ0v) is 18.6. The molecule has 0 spiro atoms. The quantitative estimate of drug-likeness (QED) is 0.574. The van der Waals surface area contributed by atoms with Crippen LogP contribution in [0.15, 0.2) is 62.4 Å². The summed E-state index contributed by atoms with van der Waals surface area (Å²) in [5.74, 6) is 0.0259. The Morgan fingerprint density at radius 1 is 1.29 bits per heavy atom. The molecular weight excluding hydrogens is 414 g/mol. The molecule has 1 aromatic carbocycles. The molecule has 0 N–H and O–H groups in total. The number of rotatable bonds is 5. The molecule has 1 aliphatic heterocycles. The number of thiazole rings is 1. The molecule has 0 bridgehead atoms. The number of ether oxygens (including phenoxy) is 1. The van der Waals surface area contributed by atoms with Gasteiger partial charge >= 0.3 is 5.97 Å². The molecule has 3 aromatic rings. The molecule has 0 radical (unpaired) electrons. The predicted molar refractivity (Wildman–Crippen MR) is 121 cm³/mol. The van der Waals surface area contributed by atoms with Crippen LogP contribution < -0.4 is 19.8 Å². The number of allylic oxidation sites excluding steroid dienone is 1. The van der Waals surface area contributed by atoms with E-state index in [0.29, 0.717) is 26.4 Å². The Morgan fingerprint density at radius 3 is 2.65 bits per heavy atom. The molecule has 0 fully saturated rings. The number of nitrogens with zero attached hydrogens (tertiary/aromatic N) is 3. The third-order valence-corrected chi connectivity index (χ3v) is 6.04. The van der Waals surface area contributed by atoms with Crippen molar-refractivity contribution in [3.05, 3.63) is 79.2 Å². The van der Waals surface area contributed by atoms with Crippen molar-refractivity contribution in [1.82, 2.24) is 4.57 Å². The van der Waals surface area contributed by atoms with Crippen LogP contribution >= 0.6 is 11.3 Å². The Kier molecular flexibility index (Phi) is 5.65. The highest BCUT2D eigenvalue weighted by Crippen LogP contribution is 2.32. The molecule has 0 saturated carbocycles. The van der Waals surface area contributed by atoms with E-state index in [1.807, 2.05) is 49.3 Å². The summed E-state index contributed by atoms with van der Waals surface area (Å²) in [6.45, 7) is 3.71. The lowest BCUT2D eigenvalue weighted by Gasteiger charge is -2.20. The highest BCUT2D eigenvalue weighted by molar-refractivity contribution is 7.07. The van der Waals surface area contributed by atoms with Gasteiger partial charge in [0.1, 0.15) is 11.8 Å². The molecule has 31 heavy (non-hydrogen) atoms. The zero-order chi connectivity index (χ0) is 22.1. The van der Waals surface area contributed by atoms with Crippen LogP contribution in [0.1, 0.15) is 31.2 Å². The lowest BCUT2D eigenvalue weighted by Crippen LogP contribution is -2.35. The van der Waals surface area contributed by atoms with Crippen molar-refractivity contribution in [2.75, 3.05) is 25.6 Å². The molecule has 0 amide bonds. The molecule has 4 rings (SSSR count). The molecule has 1 atom stereocenters. The Bertz CT molecular complexity index is 1310. The van der Waals surface area contributed by atoms with Crippen LogP contribution in [-0.2, 0) is 9.53 Å². The summed E-state index contributed by atoms with van der Waals surface area (Å²) in [5, 5.41) is 0. The molecule has 8 heteroatoms. The van der Waals surface area contributed by atoms with Crippen molar-refractivity contribution in [2.24, 2.45) is 4.99 Å². The van der Waals surface area contributed by atoms with E-state index in [-0.39, 0.29) is 12.2 Å². The number of hydrogen-bond donors (Lipinski definition) is 0. The van der Waals surface area contributed by atoms with Crippen molar-refractivity contribution in [2.45, 2.75) is 19.9 Å². The number of benzene rings is 1. The number of anilines is 1. The highest BCUT2D eigenvalue weighted by Gasteiger charge is 2.32. The average molecular weight is 438 g/mol. The minimum Gasteiger partial charge on any atom is -0.467 e. The first-order valence-corrected chi connectivity index (χ1v) is 10.7. The van der Waals surface area contributed by atoms with Gasteiger partial charge in [-0.2, -0.15) is 0 Å². The van der Waals surface area contributed by atoms with Gasteiger partial charge in [0, 0.05) is 25.5 Å². The van der Waals surface area contributed by atoms with Gasteiger partial charge in [-0.1, -0.05) is 23.5 Å². The van der Waals surface area contributed by atoms with E-state index in [1.165, 1.54) is 22.2 Å². The second-order valence-corrected chi connectivity index (χ2v) is 8.30. The fourth-order valence-electron chi connectivity index (χ4n) is 3.49. The van der Waals surface area contributed by atoms with E-state index < -0.39 is 12.0 Å². The standard InChI is InChI=1S/C23H23N3O4S/c1-5-29-22(28)19-14(2)26-21(27)18(13-15-8-10-16(11-9-15)25(3)4)31-23(26)24-20(19)17-7-6-12-30-17/h6-13,20H,5H2,1-4H3/b18-13-/t20-/m0/s1. The second kappa shape index (κ2) is 8.39. The summed E-state index contributed by atoms with van der Waals surface area (Å²) in [4.78, 5) is 33.1. The SMILES string of the molecule is CCOC(=O)C1=C(C)n2c(s/c(=C\c3ccc(N(C)C)cc3)c2=O)=N[C@H]1c1ccco1. The minimum absolute atomic E-state index is 0.211. The Hall–Kier alpha value is -3.39. The Balaban J connectivity index is 1.88. The minimum atomic E-state index is -0.653. The number of esters is 1. The van der Waals surface area contributed by atoms with Crippen molar-refractivity contribution >= 4 is 34.8 Å². The second-order valence-electron chi connectivity index (χ2n) is 7.29. The van der Waals surface area contributed by atoms with Crippen LogP contribution in [0.4, 0.5) is 5.69 Å². The third kappa shape index (κ3) is 3.86. The molecule has 7 nitrogen and oxygen atoms in total. The van der Waals surface area contributed by atoms with E-state index in [1.54, 1.807) is 26.0 Å². The first-order valence-electron chi connectivity index (χ1n) is 9.91. The van der Waals surface area contributed by atoms with Gasteiger partial charge in [0.25, 0.3) is 5.56 Å². The summed E-state index contributed by atoms with van der Waals surface area (Å²) in [6.07, 6.45) is 3.38. The van der Waals surface area contributed by atoms with Gasteiger partial charge in [0.05, 0.1) is 23.0 Å². The van der Waals surface area contributed by atoms with Crippen molar-refractivity contribution in [3.63, 3.8) is 0 Å². The first-order chi connectivity index (χ1) is 14.9. The molecule has 160 valence electrons. The number of fused-ring (bicyclic) bond motifs is 1. The van der Waals surface area contributed by atoms with E-state index in [9.17, 15) is 9.59 Å². The lowest BCUT2D eigenvalue weighted by atomic mass is 10.0. The molecule has 2 aromatic heterocycles. The molecular formula is C23H23N3O4S. The van der Waals surface area contributed by atoms with Crippen LogP contribution in [-0.4, -0.2) is 31.2 Å². The maximum atomic E-state index is 13.2. The van der Waals surface area contributed by atoms with Gasteiger partial charge in [-0.05, 0) is 49.8 Å². The summed E-state index contributed by atoms with van der Waals surface area (Å²) >= 11 is 1.29. The van der Waals surface area contributed by atoms with E-state index in [4.69, 9.17) is 9.15 Å². The molecule has 0 unspecified atom stereocenters. The molecule has 3 heterocycles. The van der Waals surface area contributed by atoms with Crippen molar-refractivity contribution in [1.29, 1.82) is 0 Å².